The summed E-state index contributed by atoms with van der Waals surface area (Å²) in [5, 5.41) is 3.99. The van der Waals surface area contributed by atoms with Gasteiger partial charge in [0.15, 0.2) is 15.7 Å². The van der Waals surface area contributed by atoms with Gasteiger partial charge in [-0.1, -0.05) is 33.6 Å². The van der Waals surface area contributed by atoms with Crippen LogP contribution in [0.1, 0.15) is 40.0 Å². The summed E-state index contributed by atoms with van der Waals surface area (Å²) in [5.74, 6) is 1.33. The molecule has 0 radical (unpaired) electrons. The summed E-state index contributed by atoms with van der Waals surface area (Å²) >= 11 is 1.15. The summed E-state index contributed by atoms with van der Waals surface area (Å²) in [6, 6.07) is 0.296. The number of anilines is 2. The smallest absolute Gasteiger partial charge is 0.184 e. The summed E-state index contributed by atoms with van der Waals surface area (Å²) in [7, 11) is -3.34. The number of sulfone groups is 1. The molecule has 3 N–H and O–H groups in total. The van der Waals surface area contributed by atoms with Crippen LogP contribution in [-0.2, 0) is 9.84 Å². The van der Waals surface area contributed by atoms with Gasteiger partial charge in [-0.05, 0) is 29.8 Å². The number of nitrogens with two attached hydrogens (primary N) is 1. The van der Waals surface area contributed by atoms with Crippen molar-refractivity contribution in [2.45, 2.75) is 51.0 Å². The van der Waals surface area contributed by atoms with Crippen molar-refractivity contribution in [3.05, 3.63) is 0 Å². The summed E-state index contributed by atoms with van der Waals surface area (Å²) in [4.78, 5) is 0.190. The molecule has 0 spiro atoms. The Morgan fingerprint density at radius 1 is 1.40 bits per heavy atom. The molecule has 1 aliphatic rings. The number of aromatic nitrogens is 1. The Morgan fingerprint density at radius 3 is 2.75 bits per heavy atom. The first kappa shape index (κ1) is 15.6. The maximum absolute atomic E-state index is 12.1. The number of nitrogens with one attached hydrogen (secondary N) is 1. The van der Waals surface area contributed by atoms with Crippen LogP contribution in [-0.4, -0.2) is 24.6 Å². The van der Waals surface area contributed by atoms with E-state index < -0.39 is 9.84 Å². The van der Waals surface area contributed by atoms with E-state index in [1.165, 1.54) is 12.8 Å². The van der Waals surface area contributed by atoms with E-state index in [1.54, 1.807) is 6.92 Å². The summed E-state index contributed by atoms with van der Waals surface area (Å²) in [6.45, 7) is 6.10. The number of hydrogen-bond acceptors (Lipinski definition) is 6. The molecule has 3 unspecified atom stereocenters. The van der Waals surface area contributed by atoms with Crippen molar-refractivity contribution in [3.63, 3.8) is 0 Å². The third-order valence-corrected chi connectivity index (χ3v) is 7.11. The highest BCUT2D eigenvalue weighted by Gasteiger charge is 2.30. The minimum Gasteiger partial charge on any atom is -0.382 e. The predicted molar refractivity (Wildman–Crippen MR) is 83.8 cm³/mol. The van der Waals surface area contributed by atoms with Crippen LogP contribution in [0, 0.1) is 11.8 Å². The van der Waals surface area contributed by atoms with Crippen molar-refractivity contribution in [1.82, 2.24) is 4.37 Å². The maximum atomic E-state index is 12.1. The summed E-state index contributed by atoms with van der Waals surface area (Å²) in [6.07, 6.45) is 3.48. The van der Waals surface area contributed by atoms with Gasteiger partial charge in [-0.15, -0.1) is 0 Å². The molecule has 20 heavy (non-hydrogen) atoms. The molecule has 1 fully saturated rings. The minimum absolute atomic E-state index is 0.0426. The first-order valence-corrected chi connectivity index (χ1v) is 9.53. The molecule has 1 aromatic heterocycles. The standard InChI is InChI=1S/C13H23N3O2S2/c1-4-20(17,18)11-12(14)16-19-13(11)15-10-7-5-6-8(2)9(10)3/h8-10,15H,4-7H2,1-3H3,(H2,14,16). The first-order valence-electron chi connectivity index (χ1n) is 7.11. The van der Waals surface area contributed by atoms with Crippen molar-refractivity contribution in [2.24, 2.45) is 11.8 Å². The SMILES string of the molecule is CCS(=O)(=O)c1c(N)nsc1NC1CCCC(C)C1C. The largest absolute Gasteiger partial charge is 0.382 e. The van der Waals surface area contributed by atoms with Crippen LogP contribution in [0.2, 0.25) is 0 Å². The Bertz CT molecular complexity index is 568. The van der Waals surface area contributed by atoms with E-state index in [0.29, 0.717) is 22.9 Å². The van der Waals surface area contributed by atoms with E-state index in [4.69, 9.17) is 5.73 Å². The molecule has 0 aliphatic heterocycles. The van der Waals surface area contributed by atoms with Gasteiger partial charge in [-0.3, -0.25) is 0 Å². The molecule has 1 saturated carbocycles. The molecule has 1 aromatic rings. The number of hydrogen-bond donors (Lipinski definition) is 2. The van der Waals surface area contributed by atoms with Gasteiger partial charge >= 0.3 is 0 Å². The Hall–Kier alpha value is -0.820. The van der Waals surface area contributed by atoms with Gasteiger partial charge < -0.3 is 11.1 Å². The van der Waals surface area contributed by atoms with Crippen molar-refractivity contribution in [3.8, 4) is 0 Å². The quantitative estimate of drug-likeness (QED) is 0.892. The second-order valence-corrected chi connectivity index (χ2v) is 8.64. The molecule has 114 valence electrons. The molecule has 3 atom stereocenters. The highest BCUT2D eigenvalue weighted by Crippen LogP contribution is 2.37. The number of nitrogens with zero attached hydrogens (tertiary/aromatic N) is 1. The van der Waals surface area contributed by atoms with Gasteiger partial charge in [0.25, 0.3) is 0 Å². The Labute approximate surface area is 125 Å². The average Bonchev–Trinajstić information content (AvgIpc) is 2.77. The zero-order valence-corrected chi connectivity index (χ0v) is 13.9. The van der Waals surface area contributed by atoms with E-state index >= 15 is 0 Å². The van der Waals surface area contributed by atoms with Crippen LogP contribution in [0.5, 0.6) is 0 Å². The van der Waals surface area contributed by atoms with Crippen LogP contribution in [0.15, 0.2) is 4.90 Å². The second-order valence-electron chi connectivity index (χ2n) is 5.65. The molecule has 1 aliphatic carbocycles. The molecule has 2 rings (SSSR count). The minimum atomic E-state index is -3.34. The van der Waals surface area contributed by atoms with Crippen LogP contribution < -0.4 is 11.1 Å². The van der Waals surface area contributed by atoms with Crippen LogP contribution in [0.4, 0.5) is 10.8 Å². The van der Waals surface area contributed by atoms with Gasteiger partial charge in [0.1, 0.15) is 9.90 Å². The number of nitrogen functional groups attached to an aromatic ring is 1. The van der Waals surface area contributed by atoms with Crippen molar-refractivity contribution in [1.29, 1.82) is 0 Å². The Kier molecular flexibility index (Phi) is 4.59. The van der Waals surface area contributed by atoms with Gasteiger partial charge in [0.05, 0.1) is 5.75 Å². The fraction of sp³-hybridized carbons (Fsp3) is 0.769. The van der Waals surface area contributed by atoms with E-state index in [2.05, 4.69) is 23.5 Å². The molecular formula is C13H23N3O2S2. The average molecular weight is 317 g/mol. The molecule has 0 aromatic carbocycles. The van der Waals surface area contributed by atoms with E-state index in [-0.39, 0.29) is 16.5 Å². The predicted octanol–water partition coefficient (Wildman–Crippen LogP) is 2.76. The van der Waals surface area contributed by atoms with Crippen molar-refractivity contribution in [2.75, 3.05) is 16.8 Å². The fourth-order valence-electron chi connectivity index (χ4n) is 2.78. The lowest BCUT2D eigenvalue weighted by atomic mass is 9.78. The van der Waals surface area contributed by atoms with Gasteiger partial charge in [-0.25, -0.2) is 8.42 Å². The molecule has 0 bridgehead atoms. The van der Waals surface area contributed by atoms with Crippen LogP contribution in [0.3, 0.4) is 0 Å². The highest BCUT2D eigenvalue weighted by molar-refractivity contribution is 7.91. The van der Waals surface area contributed by atoms with Crippen LogP contribution >= 0.6 is 11.5 Å². The topological polar surface area (TPSA) is 85.1 Å². The molecule has 7 heteroatoms. The summed E-state index contributed by atoms with van der Waals surface area (Å²) in [5.41, 5.74) is 5.75. The van der Waals surface area contributed by atoms with Crippen molar-refractivity contribution < 1.29 is 8.42 Å². The third kappa shape index (κ3) is 2.93. The molecule has 0 amide bonds. The Morgan fingerprint density at radius 2 is 2.10 bits per heavy atom. The lowest BCUT2D eigenvalue weighted by Gasteiger charge is -2.34. The van der Waals surface area contributed by atoms with E-state index in [1.807, 2.05) is 0 Å². The molecule has 5 nitrogen and oxygen atoms in total. The molecular weight excluding hydrogens is 294 g/mol. The van der Waals surface area contributed by atoms with Crippen LogP contribution in [0.25, 0.3) is 0 Å². The van der Waals surface area contributed by atoms with Gasteiger partial charge in [0, 0.05) is 6.04 Å². The van der Waals surface area contributed by atoms with E-state index in [0.717, 1.165) is 18.0 Å². The first-order chi connectivity index (χ1) is 9.36. The maximum Gasteiger partial charge on any atom is 0.184 e. The van der Waals surface area contributed by atoms with E-state index in [9.17, 15) is 8.42 Å². The molecule has 1 heterocycles. The summed E-state index contributed by atoms with van der Waals surface area (Å²) < 4.78 is 28.3. The Balaban J connectivity index is 2.27. The highest BCUT2D eigenvalue weighted by atomic mass is 32.2. The fourth-order valence-corrected chi connectivity index (χ4v) is 5.00. The number of rotatable bonds is 4. The molecule has 0 saturated heterocycles. The lowest BCUT2D eigenvalue weighted by molar-refractivity contribution is 0.253. The van der Waals surface area contributed by atoms with Gasteiger partial charge in [0.2, 0.25) is 0 Å². The zero-order valence-electron chi connectivity index (χ0n) is 12.2. The van der Waals surface area contributed by atoms with Gasteiger partial charge in [-0.2, -0.15) is 4.37 Å². The monoisotopic (exact) mass is 317 g/mol. The second kappa shape index (κ2) is 5.89. The zero-order chi connectivity index (χ0) is 14.9. The normalized spacial score (nSPS) is 27.4. The third-order valence-electron chi connectivity index (χ3n) is 4.39. The van der Waals surface area contributed by atoms with Crippen molar-refractivity contribution >= 4 is 32.2 Å². The lowest BCUT2D eigenvalue weighted by Crippen LogP contribution is -2.35.